The number of carbonyl (C=O) groups is 1. The van der Waals surface area contributed by atoms with Gasteiger partial charge in [0.2, 0.25) is 10.0 Å². The number of nitrogens with zero attached hydrogens (tertiary/aromatic N) is 1. The molecule has 1 amide bonds. The molecule has 2 N–H and O–H groups in total. The normalized spacial score (nSPS) is 17.1. The maximum Gasteiger partial charge on any atom is 0.255 e. The van der Waals surface area contributed by atoms with E-state index in [1.54, 1.807) is 37.3 Å². The number of benzene rings is 4. The van der Waals surface area contributed by atoms with E-state index in [1.807, 2.05) is 12.1 Å². The highest BCUT2D eigenvalue weighted by molar-refractivity contribution is 7.89. The Morgan fingerprint density at radius 3 is 2.64 bits per heavy atom. The van der Waals surface area contributed by atoms with Gasteiger partial charge in [-0.25, -0.2) is 12.8 Å². The molecule has 1 atom stereocenters. The molecule has 0 aliphatic carbocycles. The summed E-state index contributed by atoms with van der Waals surface area (Å²) in [4.78, 5) is 12.7. The van der Waals surface area contributed by atoms with Crippen molar-refractivity contribution in [1.29, 1.82) is 0 Å². The zero-order valence-corrected chi connectivity index (χ0v) is 25.0. The summed E-state index contributed by atoms with van der Waals surface area (Å²) in [6, 6.07) is 18.1. The zero-order valence-electron chi connectivity index (χ0n) is 24.2. The Kier molecular flexibility index (Phi) is 7.91. The number of phenols is 1. The summed E-state index contributed by atoms with van der Waals surface area (Å²) in [7, 11) is -2.63. The van der Waals surface area contributed by atoms with Gasteiger partial charge < -0.3 is 24.6 Å². The van der Waals surface area contributed by atoms with Gasteiger partial charge in [0.15, 0.2) is 11.5 Å². The van der Waals surface area contributed by atoms with E-state index in [2.05, 4.69) is 5.32 Å². The van der Waals surface area contributed by atoms with E-state index in [-0.39, 0.29) is 35.9 Å². The van der Waals surface area contributed by atoms with Crippen LogP contribution in [-0.2, 0) is 16.4 Å². The van der Waals surface area contributed by atoms with Crippen LogP contribution < -0.4 is 19.5 Å². The molecular formula is C33H31FN2O7S. The van der Waals surface area contributed by atoms with Gasteiger partial charge in [0.1, 0.15) is 23.1 Å². The quantitative estimate of drug-likeness (QED) is 0.312. The van der Waals surface area contributed by atoms with E-state index < -0.39 is 27.8 Å². The zero-order chi connectivity index (χ0) is 31.0. The van der Waals surface area contributed by atoms with E-state index >= 15 is 0 Å². The lowest BCUT2D eigenvalue weighted by atomic mass is 9.89. The van der Waals surface area contributed by atoms with Crippen molar-refractivity contribution in [2.24, 2.45) is 0 Å². The number of rotatable bonds is 3. The average molecular weight is 619 g/mol. The van der Waals surface area contributed by atoms with Gasteiger partial charge in [-0.15, -0.1) is 0 Å². The molecule has 4 aromatic rings. The smallest absolute Gasteiger partial charge is 0.255 e. The van der Waals surface area contributed by atoms with Crippen molar-refractivity contribution in [1.82, 2.24) is 9.62 Å². The maximum atomic E-state index is 14.3. The third-order valence-corrected chi connectivity index (χ3v) is 9.86. The summed E-state index contributed by atoms with van der Waals surface area (Å²) in [5, 5.41) is 13.1. The summed E-state index contributed by atoms with van der Waals surface area (Å²) in [6.07, 6.45) is 0.823. The molecule has 11 heteroatoms. The van der Waals surface area contributed by atoms with Crippen LogP contribution in [0.3, 0.4) is 0 Å². The van der Waals surface area contributed by atoms with Crippen molar-refractivity contribution in [2.75, 3.05) is 26.8 Å². The molecule has 0 saturated heterocycles. The second-order valence-electron chi connectivity index (χ2n) is 10.7. The number of hydrogen-bond acceptors (Lipinski definition) is 7. The predicted molar refractivity (Wildman–Crippen MR) is 161 cm³/mol. The number of phenolic OH excluding ortho intramolecular Hbond substituents is 1. The fraction of sp³-hybridized carbons (Fsp3) is 0.242. The molecule has 3 heterocycles. The first kappa shape index (κ1) is 29.5. The third-order valence-electron chi connectivity index (χ3n) is 7.85. The molecule has 0 spiro atoms. The molecule has 0 aromatic heterocycles. The van der Waals surface area contributed by atoms with E-state index in [1.165, 1.54) is 35.7 Å². The van der Waals surface area contributed by atoms with Crippen LogP contribution in [0.2, 0.25) is 0 Å². The summed E-state index contributed by atoms with van der Waals surface area (Å²) in [5.41, 5.74) is 2.77. The molecule has 228 valence electrons. The lowest BCUT2D eigenvalue weighted by Crippen LogP contribution is -2.40. The second kappa shape index (κ2) is 11.8. The number of methoxy groups -OCH3 is 1. The summed E-state index contributed by atoms with van der Waals surface area (Å²) < 4.78 is 61.8. The van der Waals surface area contributed by atoms with Crippen LogP contribution in [0.15, 0.2) is 77.7 Å². The van der Waals surface area contributed by atoms with Gasteiger partial charge in [-0.3, -0.25) is 4.79 Å². The first-order chi connectivity index (χ1) is 21.2. The van der Waals surface area contributed by atoms with E-state index in [0.717, 1.165) is 17.2 Å². The van der Waals surface area contributed by atoms with E-state index in [9.17, 15) is 22.7 Å². The monoisotopic (exact) mass is 618 g/mol. The number of aryl methyl sites for hydroxylation is 1. The largest absolute Gasteiger partial charge is 0.507 e. The second-order valence-corrected chi connectivity index (χ2v) is 12.5. The van der Waals surface area contributed by atoms with Crippen molar-refractivity contribution in [3.05, 3.63) is 106 Å². The molecule has 1 unspecified atom stereocenters. The van der Waals surface area contributed by atoms with Crippen LogP contribution in [0.5, 0.6) is 28.7 Å². The van der Waals surface area contributed by atoms with Crippen LogP contribution in [-0.4, -0.2) is 50.5 Å². The molecule has 3 aliphatic heterocycles. The number of carbonyl (C=O) groups excluding carboxylic acids is 1. The number of fused-ring (bicyclic) bond motifs is 6. The predicted octanol–water partition coefficient (Wildman–Crippen LogP) is 5.49. The number of amides is 1. The minimum atomic E-state index is -4.14. The van der Waals surface area contributed by atoms with Gasteiger partial charge in [-0.05, 0) is 96.6 Å². The Morgan fingerprint density at radius 2 is 1.82 bits per heavy atom. The molecule has 7 rings (SSSR count). The average Bonchev–Trinajstić information content (AvgIpc) is 3.01. The topological polar surface area (TPSA) is 114 Å². The highest BCUT2D eigenvalue weighted by Crippen LogP contribution is 2.43. The minimum absolute atomic E-state index is 0.0745. The van der Waals surface area contributed by atoms with Crippen molar-refractivity contribution in [3.8, 4) is 28.7 Å². The SMILES string of the molecule is COc1ccc2cc1OCCCNC(=O)c1cc(ccc1O)Oc1ccc3c(c1)CCN(S(=O)(=O)c1cc(F)ccc1C)C23. The highest BCUT2D eigenvalue weighted by atomic mass is 32.2. The summed E-state index contributed by atoms with van der Waals surface area (Å²) >= 11 is 0. The molecule has 0 saturated carbocycles. The number of sulfonamides is 1. The first-order valence-corrected chi connectivity index (χ1v) is 15.6. The third kappa shape index (κ3) is 5.56. The van der Waals surface area contributed by atoms with Crippen molar-refractivity contribution < 1.29 is 36.9 Å². The molecule has 0 radical (unpaired) electrons. The minimum Gasteiger partial charge on any atom is -0.507 e. The van der Waals surface area contributed by atoms with Crippen LogP contribution in [0, 0.1) is 12.7 Å². The van der Waals surface area contributed by atoms with Gasteiger partial charge in [0.05, 0.1) is 30.2 Å². The van der Waals surface area contributed by atoms with Gasteiger partial charge in [-0.1, -0.05) is 18.2 Å². The number of ether oxygens (including phenoxy) is 3. The Balaban J connectivity index is 1.50. The van der Waals surface area contributed by atoms with Gasteiger partial charge in [0.25, 0.3) is 5.91 Å². The molecule has 9 nitrogen and oxygen atoms in total. The van der Waals surface area contributed by atoms with Gasteiger partial charge in [0, 0.05) is 13.1 Å². The van der Waals surface area contributed by atoms with Crippen LogP contribution in [0.25, 0.3) is 0 Å². The molecule has 0 fully saturated rings. The van der Waals surface area contributed by atoms with Crippen molar-refractivity contribution in [3.63, 3.8) is 0 Å². The molecule has 44 heavy (non-hydrogen) atoms. The van der Waals surface area contributed by atoms with Crippen LogP contribution >= 0.6 is 0 Å². The van der Waals surface area contributed by atoms with E-state index in [4.69, 9.17) is 14.2 Å². The Hall–Kier alpha value is -4.61. The Morgan fingerprint density at radius 1 is 1.02 bits per heavy atom. The Labute approximate surface area is 254 Å². The first-order valence-electron chi connectivity index (χ1n) is 14.2. The molecular weight excluding hydrogens is 587 g/mol. The molecule has 8 bridgehead atoms. The number of hydrogen-bond donors (Lipinski definition) is 2. The number of aromatic hydroxyl groups is 1. The van der Waals surface area contributed by atoms with Gasteiger partial charge in [-0.2, -0.15) is 4.31 Å². The number of halogens is 1. The molecule has 3 aliphatic rings. The van der Waals surface area contributed by atoms with Crippen molar-refractivity contribution in [2.45, 2.75) is 30.7 Å². The molecule has 4 aromatic carbocycles. The van der Waals surface area contributed by atoms with E-state index in [0.29, 0.717) is 47.0 Å². The van der Waals surface area contributed by atoms with Crippen LogP contribution in [0.4, 0.5) is 4.39 Å². The van der Waals surface area contributed by atoms with Gasteiger partial charge >= 0.3 is 0 Å². The summed E-state index contributed by atoms with van der Waals surface area (Å²) in [5.74, 6) is 0.457. The standard InChI is InChI=1S/C33H31FN2O7S/c1-20-4-6-23(34)18-31(20)44(39,40)36-14-12-21-16-24-7-9-26(21)32(36)22-5-11-29(41-2)30(17-22)42-15-3-13-35-33(38)27-19-25(43-24)8-10-28(27)37/h4-11,16-19,32,37H,3,12-15H2,1-2H3,(H,35,38). The summed E-state index contributed by atoms with van der Waals surface area (Å²) in [6.45, 7) is 2.28. The fourth-order valence-electron chi connectivity index (χ4n) is 5.65. The number of nitrogens with one attached hydrogen (secondary N) is 1. The van der Waals surface area contributed by atoms with Crippen LogP contribution in [0.1, 0.15) is 45.1 Å². The lowest BCUT2D eigenvalue weighted by Gasteiger charge is -2.37. The van der Waals surface area contributed by atoms with Crippen molar-refractivity contribution >= 4 is 15.9 Å². The fourth-order valence-corrected chi connectivity index (χ4v) is 7.48. The lowest BCUT2D eigenvalue weighted by molar-refractivity contribution is 0.0948. The highest BCUT2D eigenvalue weighted by Gasteiger charge is 2.39. The Bertz CT molecular complexity index is 1860. The maximum absolute atomic E-state index is 14.3.